The average molecular weight is 256 g/mol. The zero-order valence-electron chi connectivity index (χ0n) is 9.69. The Bertz CT molecular complexity index is 602. The zero-order valence-corrected chi connectivity index (χ0v) is 10.5. The van der Waals surface area contributed by atoms with Crippen molar-refractivity contribution in [3.8, 4) is 11.6 Å². The predicted molar refractivity (Wildman–Crippen MR) is 72.2 cm³/mol. The fourth-order valence-corrected chi connectivity index (χ4v) is 2.28. The topological polar surface area (TPSA) is 27.1 Å². The summed E-state index contributed by atoms with van der Waals surface area (Å²) < 4.78 is 7.58. The molecule has 0 fully saturated rings. The van der Waals surface area contributed by atoms with E-state index in [0.29, 0.717) is 12.5 Å². The van der Waals surface area contributed by atoms with E-state index in [1.165, 1.54) is 4.88 Å². The molecule has 90 valence electrons. The molecule has 0 spiro atoms. The Labute approximate surface area is 109 Å². The lowest BCUT2D eigenvalue weighted by atomic mass is 10.3. The van der Waals surface area contributed by atoms with Gasteiger partial charge in [0, 0.05) is 10.6 Å². The smallest absolute Gasteiger partial charge is 0.232 e. The molecule has 0 N–H and O–H groups in total. The maximum atomic E-state index is 5.63. The van der Waals surface area contributed by atoms with Gasteiger partial charge in [-0.1, -0.05) is 24.3 Å². The molecule has 0 bridgehead atoms. The molecule has 0 aliphatic rings. The Balaban J connectivity index is 1.70. The Kier molecular flexibility index (Phi) is 3.10. The number of rotatable bonds is 4. The van der Waals surface area contributed by atoms with Crippen LogP contribution in [0.5, 0.6) is 5.88 Å². The quantitative estimate of drug-likeness (QED) is 0.714. The van der Waals surface area contributed by atoms with Gasteiger partial charge in [-0.15, -0.1) is 11.3 Å². The minimum Gasteiger partial charge on any atom is -0.471 e. The van der Waals surface area contributed by atoms with E-state index >= 15 is 0 Å². The van der Waals surface area contributed by atoms with E-state index in [1.807, 2.05) is 52.5 Å². The number of thiophene rings is 1. The van der Waals surface area contributed by atoms with Crippen molar-refractivity contribution >= 4 is 11.3 Å². The summed E-state index contributed by atoms with van der Waals surface area (Å²) >= 11 is 1.69. The number of aromatic nitrogens is 2. The molecule has 3 rings (SSSR count). The van der Waals surface area contributed by atoms with Crippen LogP contribution in [0, 0.1) is 0 Å². The van der Waals surface area contributed by atoms with Crippen LogP contribution in [0.15, 0.2) is 60.4 Å². The number of imidazole rings is 1. The van der Waals surface area contributed by atoms with Crippen LogP contribution in [0.4, 0.5) is 0 Å². The van der Waals surface area contributed by atoms with E-state index in [2.05, 4.69) is 11.1 Å². The molecule has 3 nitrogen and oxygen atoms in total. The van der Waals surface area contributed by atoms with Crippen molar-refractivity contribution in [1.29, 1.82) is 0 Å². The second kappa shape index (κ2) is 5.06. The maximum Gasteiger partial charge on any atom is 0.232 e. The molecule has 18 heavy (non-hydrogen) atoms. The first kappa shape index (κ1) is 11.0. The van der Waals surface area contributed by atoms with Crippen molar-refractivity contribution in [3.05, 3.63) is 65.2 Å². The van der Waals surface area contributed by atoms with Crippen LogP contribution in [0.25, 0.3) is 5.69 Å². The highest BCUT2D eigenvalue weighted by Crippen LogP contribution is 2.15. The number of benzene rings is 1. The van der Waals surface area contributed by atoms with Gasteiger partial charge in [0.2, 0.25) is 5.88 Å². The summed E-state index contributed by atoms with van der Waals surface area (Å²) in [6, 6.07) is 14.1. The maximum absolute atomic E-state index is 5.63. The molecule has 0 amide bonds. The summed E-state index contributed by atoms with van der Waals surface area (Å²) in [5, 5.41) is 2.04. The minimum atomic E-state index is 0.573. The fraction of sp³-hybridized carbons (Fsp3) is 0.0714. The Morgan fingerprint density at radius 3 is 2.78 bits per heavy atom. The highest BCUT2D eigenvalue weighted by Gasteiger charge is 2.02. The van der Waals surface area contributed by atoms with Crippen molar-refractivity contribution in [2.75, 3.05) is 0 Å². The molecule has 1 aromatic carbocycles. The molecule has 0 saturated heterocycles. The van der Waals surface area contributed by atoms with Gasteiger partial charge in [-0.05, 0) is 23.6 Å². The second-order valence-corrected chi connectivity index (χ2v) is 4.86. The van der Waals surface area contributed by atoms with Gasteiger partial charge < -0.3 is 9.30 Å². The van der Waals surface area contributed by atoms with E-state index in [9.17, 15) is 0 Å². The summed E-state index contributed by atoms with van der Waals surface area (Å²) in [7, 11) is 0. The Morgan fingerprint density at radius 1 is 1.11 bits per heavy atom. The van der Waals surface area contributed by atoms with E-state index < -0.39 is 0 Å². The molecule has 0 aliphatic heterocycles. The first-order chi connectivity index (χ1) is 8.92. The van der Waals surface area contributed by atoms with Crippen LogP contribution >= 0.6 is 11.3 Å². The second-order valence-electron chi connectivity index (χ2n) is 3.82. The Morgan fingerprint density at radius 2 is 2.00 bits per heavy atom. The van der Waals surface area contributed by atoms with Crippen LogP contribution in [0.2, 0.25) is 0 Å². The third-order valence-corrected chi connectivity index (χ3v) is 3.41. The van der Waals surface area contributed by atoms with Gasteiger partial charge in [-0.3, -0.25) is 0 Å². The van der Waals surface area contributed by atoms with Gasteiger partial charge in [0.25, 0.3) is 0 Å². The molecule has 0 unspecified atom stereocenters. The van der Waals surface area contributed by atoms with Gasteiger partial charge in [0.1, 0.15) is 12.9 Å². The summed E-state index contributed by atoms with van der Waals surface area (Å²) in [6.07, 6.45) is 3.65. The molecular formula is C14H12N2OS. The third-order valence-electron chi connectivity index (χ3n) is 2.56. The van der Waals surface area contributed by atoms with Gasteiger partial charge in [0.05, 0.1) is 6.20 Å². The number of ether oxygens (including phenoxy) is 1. The largest absolute Gasteiger partial charge is 0.471 e. The van der Waals surface area contributed by atoms with Crippen molar-refractivity contribution < 1.29 is 4.74 Å². The van der Waals surface area contributed by atoms with Gasteiger partial charge in [-0.2, -0.15) is 0 Å². The van der Waals surface area contributed by atoms with Crippen molar-refractivity contribution in [2.45, 2.75) is 6.61 Å². The lowest BCUT2D eigenvalue weighted by Gasteiger charge is -2.01. The molecule has 3 aromatic rings. The number of hydrogen-bond acceptors (Lipinski definition) is 3. The van der Waals surface area contributed by atoms with Gasteiger partial charge >= 0.3 is 0 Å². The average Bonchev–Trinajstić information content (AvgIpc) is 3.09. The third kappa shape index (κ3) is 2.43. The normalized spacial score (nSPS) is 10.4. The van der Waals surface area contributed by atoms with Crippen molar-refractivity contribution in [2.24, 2.45) is 0 Å². The van der Waals surface area contributed by atoms with E-state index in [-0.39, 0.29) is 0 Å². The SMILES string of the molecule is c1ccc(-n2cnc(OCc3cccs3)c2)cc1. The van der Waals surface area contributed by atoms with Gasteiger partial charge in [0.15, 0.2) is 0 Å². The molecule has 2 aromatic heterocycles. The standard InChI is InChI=1S/C14H12N2OS/c1-2-5-12(6-3-1)16-9-14(15-11-16)17-10-13-7-4-8-18-13/h1-9,11H,10H2. The molecule has 0 radical (unpaired) electrons. The highest BCUT2D eigenvalue weighted by atomic mass is 32.1. The van der Waals surface area contributed by atoms with Crippen LogP contribution in [0.3, 0.4) is 0 Å². The summed E-state index contributed by atoms with van der Waals surface area (Å²) in [4.78, 5) is 5.44. The van der Waals surface area contributed by atoms with Crippen molar-refractivity contribution in [1.82, 2.24) is 9.55 Å². The minimum absolute atomic E-state index is 0.573. The van der Waals surface area contributed by atoms with E-state index in [4.69, 9.17) is 4.74 Å². The van der Waals surface area contributed by atoms with E-state index in [1.54, 1.807) is 17.7 Å². The molecule has 4 heteroatoms. The monoisotopic (exact) mass is 256 g/mol. The van der Waals surface area contributed by atoms with Crippen LogP contribution in [-0.4, -0.2) is 9.55 Å². The van der Waals surface area contributed by atoms with Gasteiger partial charge in [-0.25, -0.2) is 4.98 Å². The molecular weight excluding hydrogens is 244 g/mol. The van der Waals surface area contributed by atoms with Crippen LogP contribution < -0.4 is 4.74 Å². The summed E-state index contributed by atoms with van der Waals surface area (Å²) in [5.41, 5.74) is 1.08. The molecule has 0 aliphatic carbocycles. The summed E-state index contributed by atoms with van der Waals surface area (Å²) in [5.74, 6) is 0.646. The first-order valence-electron chi connectivity index (χ1n) is 5.66. The first-order valence-corrected chi connectivity index (χ1v) is 6.54. The number of hydrogen-bond donors (Lipinski definition) is 0. The zero-order chi connectivity index (χ0) is 12.2. The Hall–Kier alpha value is -2.07. The van der Waals surface area contributed by atoms with E-state index in [0.717, 1.165) is 5.69 Å². The number of para-hydroxylation sites is 1. The fourth-order valence-electron chi connectivity index (χ4n) is 1.66. The number of nitrogens with zero attached hydrogens (tertiary/aromatic N) is 2. The predicted octanol–water partition coefficient (Wildman–Crippen LogP) is 3.51. The lowest BCUT2D eigenvalue weighted by molar-refractivity contribution is 0.298. The molecule has 0 saturated carbocycles. The molecule has 0 atom stereocenters. The summed E-state index contributed by atoms with van der Waals surface area (Å²) in [6.45, 7) is 0.573. The molecule has 2 heterocycles. The van der Waals surface area contributed by atoms with Crippen LogP contribution in [-0.2, 0) is 6.61 Å². The van der Waals surface area contributed by atoms with Crippen molar-refractivity contribution in [3.63, 3.8) is 0 Å². The highest BCUT2D eigenvalue weighted by molar-refractivity contribution is 7.09. The lowest BCUT2D eigenvalue weighted by Crippen LogP contribution is -1.92. The van der Waals surface area contributed by atoms with Crippen LogP contribution in [0.1, 0.15) is 4.88 Å².